The highest BCUT2D eigenvalue weighted by Crippen LogP contribution is 2.21. The van der Waals surface area contributed by atoms with Gasteiger partial charge in [0.25, 0.3) is 5.69 Å². The molecule has 1 heterocycles. The molecule has 0 aliphatic carbocycles. The van der Waals surface area contributed by atoms with E-state index in [0.717, 1.165) is 10.9 Å². The summed E-state index contributed by atoms with van der Waals surface area (Å²) in [4.78, 5) is 21.7. The zero-order valence-corrected chi connectivity index (χ0v) is 9.83. The van der Waals surface area contributed by atoms with Crippen molar-refractivity contribution in [2.75, 3.05) is 13.7 Å². The van der Waals surface area contributed by atoms with Crippen molar-refractivity contribution in [3.05, 3.63) is 40.6 Å². The monoisotopic (exact) mass is 248 g/mol. The third-order valence-electron chi connectivity index (χ3n) is 2.62. The van der Waals surface area contributed by atoms with Crippen molar-refractivity contribution in [1.82, 2.24) is 4.57 Å². The lowest BCUT2D eigenvalue weighted by Crippen LogP contribution is -2.14. The maximum Gasteiger partial charge on any atom is 0.270 e. The Kier molecular flexibility index (Phi) is 3.38. The number of Topliss-reactive ketones (excluding diaryl/α,β-unsaturated/α-hetero) is 1. The fraction of sp³-hybridized carbons (Fsp3) is 0.250. The van der Waals surface area contributed by atoms with Gasteiger partial charge in [0, 0.05) is 36.3 Å². The lowest BCUT2D eigenvalue weighted by Gasteiger charge is -2.03. The maximum atomic E-state index is 11.5. The summed E-state index contributed by atoms with van der Waals surface area (Å²) < 4.78 is 6.51. The molecule has 1 aromatic carbocycles. The molecule has 0 atom stereocenters. The summed E-state index contributed by atoms with van der Waals surface area (Å²) in [6.07, 6.45) is 1.74. The zero-order valence-electron chi connectivity index (χ0n) is 9.83. The Morgan fingerprint density at radius 2 is 2.22 bits per heavy atom. The summed E-state index contributed by atoms with van der Waals surface area (Å²) in [7, 11) is 1.47. The molecule has 0 fully saturated rings. The number of methoxy groups -OCH3 is 1. The molecule has 6 heteroatoms. The number of benzene rings is 1. The van der Waals surface area contributed by atoms with Gasteiger partial charge in [-0.2, -0.15) is 0 Å². The van der Waals surface area contributed by atoms with Crippen LogP contribution in [0.15, 0.2) is 30.5 Å². The number of ether oxygens (including phenoxy) is 1. The molecular formula is C12H12N2O4. The standard InChI is InChI=1S/C12H12N2O4/c1-18-8-11(15)7-13-5-4-9-6-10(14(16)17)2-3-12(9)13/h2-6H,7-8H2,1H3. The third kappa shape index (κ3) is 2.38. The van der Waals surface area contributed by atoms with Crippen molar-refractivity contribution in [3.63, 3.8) is 0 Å². The summed E-state index contributed by atoms with van der Waals surface area (Å²) in [5, 5.41) is 11.4. The molecule has 0 N–H and O–H groups in total. The summed E-state index contributed by atoms with van der Waals surface area (Å²) in [6, 6.07) is 6.32. The van der Waals surface area contributed by atoms with E-state index in [0.29, 0.717) is 0 Å². The van der Waals surface area contributed by atoms with Crippen LogP contribution in [0, 0.1) is 10.1 Å². The lowest BCUT2D eigenvalue weighted by atomic mass is 10.2. The van der Waals surface area contributed by atoms with E-state index >= 15 is 0 Å². The number of fused-ring (bicyclic) bond motifs is 1. The molecule has 1 aromatic heterocycles. The van der Waals surface area contributed by atoms with E-state index < -0.39 is 4.92 Å². The van der Waals surface area contributed by atoms with Crippen LogP contribution < -0.4 is 0 Å². The van der Waals surface area contributed by atoms with Crippen LogP contribution in [0.25, 0.3) is 10.9 Å². The van der Waals surface area contributed by atoms with Crippen molar-refractivity contribution in [2.45, 2.75) is 6.54 Å². The van der Waals surface area contributed by atoms with Gasteiger partial charge < -0.3 is 9.30 Å². The molecule has 0 saturated heterocycles. The van der Waals surface area contributed by atoms with Crippen molar-refractivity contribution in [3.8, 4) is 0 Å². The number of ketones is 1. The molecular weight excluding hydrogens is 236 g/mol. The molecule has 0 unspecified atom stereocenters. The Morgan fingerprint density at radius 3 is 2.89 bits per heavy atom. The number of hydrogen-bond donors (Lipinski definition) is 0. The van der Waals surface area contributed by atoms with Gasteiger partial charge in [-0.1, -0.05) is 0 Å². The molecule has 0 spiro atoms. The number of hydrogen-bond acceptors (Lipinski definition) is 4. The smallest absolute Gasteiger partial charge is 0.270 e. The predicted molar refractivity (Wildman–Crippen MR) is 65.5 cm³/mol. The number of carbonyl (C=O) groups is 1. The molecule has 0 aliphatic heterocycles. The zero-order chi connectivity index (χ0) is 13.1. The molecule has 2 rings (SSSR count). The number of aromatic nitrogens is 1. The van der Waals surface area contributed by atoms with Crippen LogP contribution in [-0.4, -0.2) is 29.0 Å². The van der Waals surface area contributed by atoms with Crippen LogP contribution in [0.5, 0.6) is 0 Å². The fourth-order valence-corrected chi connectivity index (χ4v) is 1.84. The minimum Gasteiger partial charge on any atom is -0.377 e. The maximum absolute atomic E-state index is 11.5. The number of nitro groups is 1. The molecule has 18 heavy (non-hydrogen) atoms. The first-order valence-electron chi connectivity index (χ1n) is 5.35. The van der Waals surface area contributed by atoms with E-state index in [1.807, 2.05) is 0 Å². The average Bonchev–Trinajstić information content (AvgIpc) is 2.72. The summed E-state index contributed by atoms with van der Waals surface area (Å²) in [5.74, 6) is -0.0478. The van der Waals surface area contributed by atoms with Gasteiger partial charge >= 0.3 is 0 Å². The average molecular weight is 248 g/mol. The number of carbonyl (C=O) groups excluding carboxylic acids is 1. The third-order valence-corrected chi connectivity index (χ3v) is 2.62. The topological polar surface area (TPSA) is 74.4 Å². The van der Waals surface area contributed by atoms with Crippen LogP contribution in [0.1, 0.15) is 0 Å². The van der Waals surface area contributed by atoms with Crippen molar-refractivity contribution in [1.29, 1.82) is 0 Å². The van der Waals surface area contributed by atoms with Crippen LogP contribution in [0.3, 0.4) is 0 Å². The Hall–Kier alpha value is -2.21. The van der Waals surface area contributed by atoms with E-state index in [2.05, 4.69) is 0 Å². The molecule has 0 aliphatic rings. The largest absolute Gasteiger partial charge is 0.377 e. The van der Waals surface area contributed by atoms with Gasteiger partial charge in [0.05, 0.1) is 11.5 Å². The summed E-state index contributed by atoms with van der Waals surface area (Å²) >= 11 is 0. The fourth-order valence-electron chi connectivity index (χ4n) is 1.84. The van der Waals surface area contributed by atoms with Gasteiger partial charge in [-0.15, -0.1) is 0 Å². The Labute approximate surface area is 103 Å². The van der Waals surface area contributed by atoms with E-state index in [1.54, 1.807) is 22.9 Å². The second kappa shape index (κ2) is 4.97. The SMILES string of the molecule is COCC(=O)Cn1ccc2cc([N+](=O)[O-])ccc21. The highest BCUT2D eigenvalue weighted by Gasteiger charge is 2.10. The van der Waals surface area contributed by atoms with E-state index in [-0.39, 0.29) is 24.6 Å². The summed E-state index contributed by atoms with van der Waals surface area (Å²) in [6.45, 7) is 0.266. The van der Waals surface area contributed by atoms with Crippen molar-refractivity contribution >= 4 is 22.4 Å². The molecule has 0 saturated carbocycles. The minimum atomic E-state index is -0.438. The number of nitro benzene ring substituents is 1. The highest BCUT2D eigenvalue weighted by atomic mass is 16.6. The van der Waals surface area contributed by atoms with E-state index in [4.69, 9.17) is 4.74 Å². The second-order valence-electron chi connectivity index (χ2n) is 3.92. The van der Waals surface area contributed by atoms with Gasteiger partial charge in [0.15, 0.2) is 5.78 Å². The molecule has 0 radical (unpaired) electrons. The van der Waals surface area contributed by atoms with Crippen molar-refractivity contribution in [2.24, 2.45) is 0 Å². The quantitative estimate of drug-likeness (QED) is 0.597. The predicted octanol–water partition coefficient (Wildman–Crippen LogP) is 1.76. The van der Waals surface area contributed by atoms with Crippen LogP contribution in [-0.2, 0) is 16.1 Å². The lowest BCUT2D eigenvalue weighted by molar-refractivity contribution is -0.384. The first-order valence-corrected chi connectivity index (χ1v) is 5.35. The number of rotatable bonds is 5. The van der Waals surface area contributed by atoms with Gasteiger partial charge in [-0.05, 0) is 12.1 Å². The van der Waals surface area contributed by atoms with E-state index in [9.17, 15) is 14.9 Å². The molecule has 2 aromatic rings. The summed E-state index contributed by atoms with van der Waals surface area (Å²) in [5.41, 5.74) is 0.841. The Morgan fingerprint density at radius 1 is 1.44 bits per heavy atom. The second-order valence-corrected chi connectivity index (χ2v) is 3.92. The first-order chi connectivity index (χ1) is 8.61. The molecule has 0 bridgehead atoms. The Bertz CT molecular complexity index is 603. The molecule has 6 nitrogen and oxygen atoms in total. The number of nitrogens with zero attached hydrogens (tertiary/aromatic N) is 2. The molecule has 0 amide bonds. The van der Waals surface area contributed by atoms with Gasteiger partial charge in [-0.3, -0.25) is 14.9 Å². The van der Waals surface area contributed by atoms with Crippen LogP contribution >= 0.6 is 0 Å². The van der Waals surface area contributed by atoms with Crippen LogP contribution in [0.4, 0.5) is 5.69 Å². The minimum absolute atomic E-state index is 0.0449. The highest BCUT2D eigenvalue weighted by molar-refractivity contribution is 5.85. The van der Waals surface area contributed by atoms with E-state index in [1.165, 1.54) is 19.2 Å². The first kappa shape index (κ1) is 12.3. The normalized spacial score (nSPS) is 10.7. The van der Waals surface area contributed by atoms with Gasteiger partial charge in [0.2, 0.25) is 0 Å². The molecule has 94 valence electrons. The van der Waals surface area contributed by atoms with Gasteiger partial charge in [-0.25, -0.2) is 0 Å². The van der Waals surface area contributed by atoms with Crippen molar-refractivity contribution < 1.29 is 14.5 Å². The van der Waals surface area contributed by atoms with Gasteiger partial charge in [0.1, 0.15) is 6.61 Å². The van der Waals surface area contributed by atoms with Crippen LogP contribution in [0.2, 0.25) is 0 Å². The Balaban J connectivity index is 2.31. The number of non-ortho nitro benzene ring substituents is 1.